The third kappa shape index (κ3) is 5.40. The first-order chi connectivity index (χ1) is 12.8. The molecule has 0 bridgehead atoms. The smallest absolute Gasteiger partial charge is 0.273 e. The summed E-state index contributed by atoms with van der Waals surface area (Å²) in [4.78, 5) is 25.9. The molecule has 1 aromatic heterocycles. The van der Waals surface area contributed by atoms with Gasteiger partial charge in [0.1, 0.15) is 5.70 Å². The zero-order valence-electron chi connectivity index (χ0n) is 16.7. The number of methoxy groups -OCH3 is 1. The molecule has 27 heavy (non-hydrogen) atoms. The van der Waals surface area contributed by atoms with E-state index in [-0.39, 0.29) is 11.7 Å². The third-order valence-corrected chi connectivity index (χ3v) is 4.55. The molecular weight excluding hydrogens is 344 g/mol. The van der Waals surface area contributed by atoms with Crippen LogP contribution in [0.4, 0.5) is 5.82 Å². The standard InChI is InChI=1S/C20H28N4O3/c1-6-13(2)15(12-27-5)10-18(24(3)4)20(26)21-19-11-17(22-23-19)14-7-8-16(25)9-14/h9-11H,6-8,12H2,1-5H3,(H2,21,22,23,26)/b15-13-,18-10-. The second-order valence-corrected chi connectivity index (χ2v) is 6.77. The maximum atomic E-state index is 12.8. The summed E-state index contributed by atoms with van der Waals surface area (Å²) in [5, 5.41) is 9.84. The lowest BCUT2D eigenvalue weighted by atomic mass is 10.1. The minimum Gasteiger partial charge on any atom is -0.380 e. The average molecular weight is 372 g/mol. The molecular formula is C20H28N4O3. The van der Waals surface area contributed by atoms with Gasteiger partial charge in [-0.15, -0.1) is 0 Å². The topological polar surface area (TPSA) is 87.3 Å². The van der Waals surface area contributed by atoms with Gasteiger partial charge >= 0.3 is 0 Å². The van der Waals surface area contributed by atoms with Gasteiger partial charge < -0.3 is 15.0 Å². The van der Waals surface area contributed by atoms with Gasteiger partial charge in [0.15, 0.2) is 11.6 Å². The zero-order chi connectivity index (χ0) is 20.0. The van der Waals surface area contributed by atoms with Crippen LogP contribution in [0.2, 0.25) is 0 Å². The summed E-state index contributed by atoms with van der Waals surface area (Å²) in [7, 11) is 5.28. The van der Waals surface area contributed by atoms with Crippen molar-refractivity contribution >= 4 is 23.1 Å². The summed E-state index contributed by atoms with van der Waals surface area (Å²) < 4.78 is 5.27. The van der Waals surface area contributed by atoms with Crippen LogP contribution in [0.5, 0.6) is 0 Å². The molecule has 0 atom stereocenters. The zero-order valence-corrected chi connectivity index (χ0v) is 16.7. The molecule has 0 saturated heterocycles. The summed E-state index contributed by atoms with van der Waals surface area (Å²) in [5.41, 5.74) is 4.34. The highest BCUT2D eigenvalue weighted by Crippen LogP contribution is 2.25. The second kappa shape index (κ2) is 9.32. The molecule has 0 aromatic carbocycles. The minimum absolute atomic E-state index is 0.117. The van der Waals surface area contributed by atoms with E-state index in [1.165, 1.54) is 5.57 Å². The van der Waals surface area contributed by atoms with Crippen molar-refractivity contribution in [3.63, 3.8) is 0 Å². The van der Waals surface area contributed by atoms with Gasteiger partial charge in [-0.1, -0.05) is 12.5 Å². The summed E-state index contributed by atoms with van der Waals surface area (Å²) in [6, 6.07) is 1.75. The fraction of sp³-hybridized carbons (Fsp3) is 0.450. The number of ketones is 1. The van der Waals surface area contributed by atoms with E-state index >= 15 is 0 Å². The fourth-order valence-electron chi connectivity index (χ4n) is 2.77. The van der Waals surface area contributed by atoms with Gasteiger partial charge in [0.2, 0.25) is 0 Å². The molecule has 7 heteroatoms. The van der Waals surface area contributed by atoms with E-state index < -0.39 is 0 Å². The predicted molar refractivity (Wildman–Crippen MR) is 106 cm³/mol. The number of carbonyl (C=O) groups is 2. The van der Waals surface area contributed by atoms with Crippen molar-refractivity contribution in [3.8, 4) is 0 Å². The summed E-state index contributed by atoms with van der Waals surface area (Å²) in [6.45, 7) is 4.55. The van der Waals surface area contributed by atoms with E-state index in [4.69, 9.17) is 4.74 Å². The monoisotopic (exact) mass is 372 g/mol. The van der Waals surface area contributed by atoms with E-state index in [1.54, 1.807) is 24.2 Å². The van der Waals surface area contributed by atoms with Gasteiger partial charge in [-0.3, -0.25) is 14.7 Å². The third-order valence-electron chi connectivity index (χ3n) is 4.55. The van der Waals surface area contributed by atoms with Crippen molar-refractivity contribution in [1.82, 2.24) is 15.1 Å². The number of amides is 1. The quantitative estimate of drug-likeness (QED) is 0.541. The van der Waals surface area contributed by atoms with E-state index in [0.29, 0.717) is 31.0 Å². The summed E-state index contributed by atoms with van der Waals surface area (Å²) >= 11 is 0. The van der Waals surface area contributed by atoms with Crippen LogP contribution in [0.15, 0.2) is 35.1 Å². The Kier molecular flexibility index (Phi) is 7.12. The molecule has 0 spiro atoms. The van der Waals surface area contributed by atoms with Crippen LogP contribution in [0, 0.1) is 0 Å². The van der Waals surface area contributed by atoms with Gasteiger partial charge in [-0.05, 0) is 43.1 Å². The van der Waals surface area contributed by atoms with Crippen LogP contribution in [-0.2, 0) is 14.3 Å². The molecule has 0 aliphatic heterocycles. The van der Waals surface area contributed by atoms with Crippen LogP contribution in [-0.4, -0.2) is 54.6 Å². The van der Waals surface area contributed by atoms with Crippen LogP contribution >= 0.6 is 0 Å². The molecule has 1 aromatic rings. The molecule has 0 unspecified atom stereocenters. The predicted octanol–water partition coefficient (Wildman–Crippen LogP) is 2.91. The van der Waals surface area contributed by atoms with Gasteiger partial charge in [0, 0.05) is 33.7 Å². The number of aromatic nitrogens is 2. The fourth-order valence-corrected chi connectivity index (χ4v) is 2.77. The largest absolute Gasteiger partial charge is 0.380 e. The molecule has 2 rings (SSSR count). The van der Waals surface area contributed by atoms with Crippen LogP contribution in [0.3, 0.4) is 0 Å². The average Bonchev–Trinajstić information content (AvgIpc) is 3.26. The molecule has 1 aliphatic rings. The highest BCUT2D eigenvalue weighted by molar-refractivity contribution is 6.04. The number of hydrogen-bond donors (Lipinski definition) is 2. The lowest BCUT2D eigenvalue weighted by Crippen LogP contribution is -2.25. The number of hydrogen-bond acceptors (Lipinski definition) is 5. The Bertz CT molecular complexity index is 800. The lowest BCUT2D eigenvalue weighted by Gasteiger charge is -2.18. The molecule has 0 fully saturated rings. The molecule has 1 amide bonds. The van der Waals surface area contributed by atoms with E-state index in [0.717, 1.165) is 23.3 Å². The number of aromatic amines is 1. The number of rotatable bonds is 8. The van der Waals surface area contributed by atoms with Crippen LogP contribution < -0.4 is 5.32 Å². The normalized spacial score (nSPS) is 15.5. The molecule has 1 aliphatic carbocycles. The van der Waals surface area contributed by atoms with Crippen molar-refractivity contribution in [2.24, 2.45) is 0 Å². The van der Waals surface area contributed by atoms with Gasteiger partial charge in [0.05, 0.1) is 12.3 Å². The van der Waals surface area contributed by atoms with Crippen molar-refractivity contribution in [2.75, 3.05) is 33.1 Å². The number of nitrogens with one attached hydrogen (secondary N) is 2. The Hall–Kier alpha value is -2.67. The van der Waals surface area contributed by atoms with Crippen molar-refractivity contribution in [2.45, 2.75) is 33.1 Å². The number of nitrogens with zero attached hydrogens (tertiary/aromatic N) is 2. The Morgan fingerprint density at radius 3 is 2.70 bits per heavy atom. The number of anilines is 1. The van der Waals surface area contributed by atoms with E-state index in [1.807, 2.05) is 27.1 Å². The number of ether oxygens (including phenoxy) is 1. The summed E-state index contributed by atoms with van der Waals surface area (Å²) in [5.74, 6) is 0.284. The first-order valence-corrected chi connectivity index (χ1v) is 9.02. The Morgan fingerprint density at radius 1 is 1.41 bits per heavy atom. The first-order valence-electron chi connectivity index (χ1n) is 9.02. The number of allylic oxidation sites excluding steroid dienone is 3. The number of likely N-dealkylation sites (N-methyl/N-ethyl adjacent to an activating group) is 1. The van der Waals surface area contributed by atoms with Crippen molar-refractivity contribution in [1.29, 1.82) is 0 Å². The van der Waals surface area contributed by atoms with E-state index in [9.17, 15) is 9.59 Å². The lowest BCUT2D eigenvalue weighted by molar-refractivity contribution is -0.114. The molecule has 0 saturated carbocycles. The molecule has 7 nitrogen and oxygen atoms in total. The second-order valence-electron chi connectivity index (χ2n) is 6.77. The van der Waals surface area contributed by atoms with Gasteiger partial charge in [-0.25, -0.2) is 0 Å². The number of H-pyrrole nitrogens is 1. The maximum absolute atomic E-state index is 12.8. The first kappa shape index (κ1) is 20.6. The highest BCUT2D eigenvalue weighted by Gasteiger charge is 2.18. The Labute approximate surface area is 160 Å². The minimum atomic E-state index is -0.257. The highest BCUT2D eigenvalue weighted by atomic mass is 16.5. The SMILES string of the molecule is CC/C(C)=C(/C=C(/C(=O)Nc1cc(C2=CC(=O)CC2)[nH]n1)N(C)C)COC. The van der Waals surface area contributed by atoms with Crippen LogP contribution in [0.25, 0.3) is 5.57 Å². The maximum Gasteiger partial charge on any atom is 0.273 e. The van der Waals surface area contributed by atoms with Crippen LogP contribution in [0.1, 0.15) is 38.8 Å². The molecule has 2 N–H and O–H groups in total. The Balaban J connectivity index is 2.20. The van der Waals surface area contributed by atoms with Gasteiger partial charge in [0.25, 0.3) is 5.91 Å². The van der Waals surface area contributed by atoms with Crippen molar-refractivity contribution < 1.29 is 14.3 Å². The molecule has 146 valence electrons. The molecule has 0 radical (unpaired) electrons. The summed E-state index contributed by atoms with van der Waals surface area (Å²) in [6.07, 6.45) is 5.57. The van der Waals surface area contributed by atoms with Gasteiger partial charge in [-0.2, -0.15) is 5.10 Å². The van der Waals surface area contributed by atoms with Crippen molar-refractivity contribution in [3.05, 3.63) is 40.8 Å². The Morgan fingerprint density at radius 2 is 2.15 bits per heavy atom. The number of carbonyl (C=O) groups excluding carboxylic acids is 2. The van der Waals surface area contributed by atoms with E-state index in [2.05, 4.69) is 22.4 Å². The molecule has 1 heterocycles.